The molecule has 2 heterocycles. The van der Waals surface area contributed by atoms with Gasteiger partial charge in [-0.1, -0.05) is 6.07 Å². The van der Waals surface area contributed by atoms with E-state index in [1.165, 1.54) is 22.4 Å². The largest absolute Gasteiger partial charge is 0.378 e. The Labute approximate surface area is 197 Å². The lowest BCUT2D eigenvalue weighted by Gasteiger charge is -2.37. The van der Waals surface area contributed by atoms with Crippen LogP contribution in [0.4, 0.5) is 11.4 Å². The van der Waals surface area contributed by atoms with Gasteiger partial charge in [0, 0.05) is 62.2 Å². The van der Waals surface area contributed by atoms with E-state index in [0.29, 0.717) is 0 Å². The molecule has 5 rings (SSSR count). The van der Waals surface area contributed by atoms with E-state index in [0.717, 1.165) is 83.0 Å². The standard InChI is InChI=1S/C27H36N4O2/c1-20-3-10-26(31-13-11-29(2)12-14-31)25-19-22(6-9-24(20)25)28-27(32)21-4-7-23(8-5-21)30-15-17-33-18-16-30/h3-5,7-8,10,22H,6,9,11-19H2,1-2H3,(H,28,32). The van der Waals surface area contributed by atoms with Crippen LogP contribution in [-0.2, 0) is 17.6 Å². The first-order valence-corrected chi connectivity index (χ1v) is 12.4. The molecule has 2 aromatic carbocycles. The number of ether oxygens (including phenoxy) is 1. The molecule has 0 bridgehead atoms. The zero-order valence-corrected chi connectivity index (χ0v) is 20.0. The van der Waals surface area contributed by atoms with Crippen molar-refractivity contribution in [1.29, 1.82) is 0 Å². The normalized spacial score (nSPS) is 21.6. The summed E-state index contributed by atoms with van der Waals surface area (Å²) in [5.41, 5.74) is 7.59. The van der Waals surface area contributed by atoms with Crippen LogP contribution in [0.15, 0.2) is 36.4 Å². The number of nitrogens with zero attached hydrogens (tertiary/aromatic N) is 3. The van der Waals surface area contributed by atoms with E-state index in [4.69, 9.17) is 4.74 Å². The van der Waals surface area contributed by atoms with Crippen LogP contribution in [0.2, 0.25) is 0 Å². The first-order valence-electron chi connectivity index (χ1n) is 12.4. The fourth-order valence-electron chi connectivity index (χ4n) is 5.42. The maximum atomic E-state index is 13.0. The van der Waals surface area contributed by atoms with Crippen LogP contribution in [0.1, 0.15) is 33.5 Å². The number of amides is 1. The maximum absolute atomic E-state index is 13.0. The van der Waals surface area contributed by atoms with Gasteiger partial charge in [-0.25, -0.2) is 0 Å². The number of benzene rings is 2. The van der Waals surface area contributed by atoms with Gasteiger partial charge in [0.25, 0.3) is 5.91 Å². The Hall–Kier alpha value is -2.57. The molecule has 3 aliphatic rings. The summed E-state index contributed by atoms with van der Waals surface area (Å²) in [6.45, 7) is 9.90. The van der Waals surface area contributed by atoms with Gasteiger partial charge in [0.15, 0.2) is 0 Å². The molecular weight excluding hydrogens is 412 g/mol. The number of aryl methyl sites for hydroxylation is 1. The molecule has 0 saturated carbocycles. The number of fused-ring (bicyclic) bond motifs is 1. The third-order valence-electron chi connectivity index (χ3n) is 7.52. The van der Waals surface area contributed by atoms with Crippen LogP contribution in [0, 0.1) is 6.92 Å². The second-order valence-corrected chi connectivity index (χ2v) is 9.71. The highest BCUT2D eigenvalue weighted by molar-refractivity contribution is 5.94. The highest BCUT2D eigenvalue weighted by Gasteiger charge is 2.27. The molecule has 1 amide bonds. The van der Waals surface area contributed by atoms with Crippen molar-refractivity contribution in [3.05, 3.63) is 58.7 Å². The quantitative estimate of drug-likeness (QED) is 0.780. The molecule has 6 nitrogen and oxygen atoms in total. The Bertz CT molecular complexity index is 976. The highest BCUT2D eigenvalue weighted by atomic mass is 16.5. The Morgan fingerprint density at radius 2 is 1.64 bits per heavy atom. The molecule has 1 atom stereocenters. The van der Waals surface area contributed by atoms with E-state index in [-0.39, 0.29) is 11.9 Å². The zero-order chi connectivity index (χ0) is 22.8. The molecule has 0 radical (unpaired) electrons. The van der Waals surface area contributed by atoms with Gasteiger partial charge in [0.2, 0.25) is 0 Å². The van der Waals surface area contributed by atoms with Gasteiger partial charge >= 0.3 is 0 Å². The van der Waals surface area contributed by atoms with Crippen LogP contribution in [-0.4, -0.2) is 76.4 Å². The van der Waals surface area contributed by atoms with Crippen molar-refractivity contribution >= 4 is 17.3 Å². The van der Waals surface area contributed by atoms with E-state index in [1.807, 2.05) is 12.1 Å². The van der Waals surface area contributed by atoms with Crippen molar-refractivity contribution < 1.29 is 9.53 Å². The van der Waals surface area contributed by atoms with Gasteiger partial charge in [0.05, 0.1) is 13.2 Å². The second-order valence-electron chi connectivity index (χ2n) is 9.71. The lowest BCUT2D eigenvalue weighted by atomic mass is 9.84. The zero-order valence-electron chi connectivity index (χ0n) is 20.0. The van der Waals surface area contributed by atoms with Gasteiger partial charge < -0.3 is 24.8 Å². The summed E-state index contributed by atoms with van der Waals surface area (Å²) in [5, 5.41) is 3.33. The number of hydrogen-bond acceptors (Lipinski definition) is 5. The minimum atomic E-state index is 0.0331. The topological polar surface area (TPSA) is 48.0 Å². The fraction of sp³-hybridized carbons (Fsp3) is 0.519. The third-order valence-corrected chi connectivity index (χ3v) is 7.52. The summed E-state index contributed by atoms with van der Waals surface area (Å²) in [6, 6.07) is 12.8. The third kappa shape index (κ3) is 4.87. The van der Waals surface area contributed by atoms with Crippen LogP contribution in [0.25, 0.3) is 0 Å². The van der Waals surface area contributed by atoms with Crippen LogP contribution < -0.4 is 15.1 Å². The average Bonchev–Trinajstić information content (AvgIpc) is 2.86. The van der Waals surface area contributed by atoms with Gasteiger partial charge in [-0.15, -0.1) is 0 Å². The Kier molecular flexibility index (Phi) is 6.56. The number of piperazine rings is 1. The van der Waals surface area contributed by atoms with Gasteiger partial charge in [-0.3, -0.25) is 4.79 Å². The number of nitrogens with one attached hydrogen (secondary N) is 1. The van der Waals surface area contributed by atoms with Crippen molar-refractivity contribution in [1.82, 2.24) is 10.2 Å². The Morgan fingerprint density at radius 3 is 2.36 bits per heavy atom. The van der Waals surface area contributed by atoms with Gasteiger partial charge in [-0.2, -0.15) is 0 Å². The van der Waals surface area contributed by atoms with E-state index < -0.39 is 0 Å². The molecule has 1 N–H and O–H groups in total. The maximum Gasteiger partial charge on any atom is 0.251 e. The average molecular weight is 449 g/mol. The molecule has 2 aliphatic heterocycles. The molecule has 33 heavy (non-hydrogen) atoms. The summed E-state index contributed by atoms with van der Waals surface area (Å²) in [5.74, 6) is 0.0331. The molecule has 2 fully saturated rings. The minimum Gasteiger partial charge on any atom is -0.378 e. The highest BCUT2D eigenvalue weighted by Crippen LogP contribution is 2.33. The summed E-state index contributed by atoms with van der Waals surface area (Å²) in [4.78, 5) is 20.3. The molecule has 1 unspecified atom stereocenters. The molecule has 176 valence electrons. The molecule has 6 heteroatoms. The summed E-state index contributed by atoms with van der Waals surface area (Å²) >= 11 is 0. The fourth-order valence-corrected chi connectivity index (χ4v) is 5.42. The van der Waals surface area contributed by atoms with Crippen molar-refractivity contribution in [3.8, 4) is 0 Å². The van der Waals surface area contributed by atoms with Crippen molar-refractivity contribution in [3.63, 3.8) is 0 Å². The lowest BCUT2D eigenvalue weighted by Crippen LogP contribution is -2.45. The number of rotatable bonds is 4. The molecule has 0 spiro atoms. The van der Waals surface area contributed by atoms with Crippen molar-refractivity contribution in [2.24, 2.45) is 0 Å². The van der Waals surface area contributed by atoms with Gasteiger partial charge in [-0.05, 0) is 80.3 Å². The summed E-state index contributed by atoms with van der Waals surface area (Å²) < 4.78 is 5.44. The Morgan fingerprint density at radius 1 is 0.909 bits per heavy atom. The molecular formula is C27H36N4O2. The predicted octanol–water partition coefficient (Wildman–Crippen LogP) is 2.87. The number of morpholine rings is 1. The van der Waals surface area contributed by atoms with Gasteiger partial charge in [0.1, 0.15) is 0 Å². The molecule has 2 aromatic rings. The van der Waals surface area contributed by atoms with E-state index >= 15 is 0 Å². The first-order chi connectivity index (χ1) is 16.1. The minimum absolute atomic E-state index is 0.0331. The SMILES string of the molecule is Cc1ccc(N2CCN(C)CC2)c2c1CCC(NC(=O)c1ccc(N3CCOCC3)cc1)C2. The predicted molar refractivity (Wildman–Crippen MR) is 134 cm³/mol. The number of hydrogen-bond donors (Lipinski definition) is 1. The summed E-state index contributed by atoms with van der Waals surface area (Å²) in [7, 11) is 2.20. The number of carbonyl (C=O) groups excluding carboxylic acids is 1. The monoisotopic (exact) mass is 448 g/mol. The number of likely N-dealkylation sites (N-methyl/N-ethyl adjacent to an activating group) is 1. The van der Waals surface area contributed by atoms with Crippen LogP contribution in [0.3, 0.4) is 0 Å². The van der Waals surface area contributed by atoms with E-state index in [9.17, 15) is 4.79 Å². The van der Waals surface area contributed by atoms with Crippen LogP contribution >= 0.6 is 0 Å². The molecule has 2 saturated heterocycles. The smallest absolute Gasteiger partial charge is 0.251 e. The van der Waals surface area contributed by atoms with E-state index in [2.05, 4.69) is 58.3 Å². The Balaban J connectivity index is 1.27. The second kappa shape index (κ2) is 9.74. The number of carbonyl (C=O) groups is 1. The van der Waals surface area contributed by atoms with Crippen molar-refractivity contribution in [2.45, 2.75) is 32.2 Å². The van der Waals surface area contributed by atoms with Crippen molar-refractivity contribution in [2.75, 3.05) is 69.3 Å². The number of anilines is 2. The van der Waals surface area contributed by atoms with Crippen LogP contribution in [0.5, 0.6) is 0 Å². The molecule has 0 aromatic heterocycles. The summed E-state index contributed by atoms with van der Waals surface area (Å²) in [6.07, 6.45) is 2.94. The van der Waals surface area contributed by atoms with E-state index in [1.54, 1.807) is 0 Å². The molecule has 1 aliphatic carbocycles. The lowest BCUT2D eigenvalue weighted by molar-refractivity contribution is 0.0933. The first kappa shape index (κ1) is 22.2.